The van der Waals surface area contributed by atoms with E-state index in [4.69, 9.17) is 9.47 Å². The highest BCUT2D eigenvalue weighted by molar-refractivity contribution is 5.97. The second kappa shape index (κ2) is 10.5. The monoisotopic (exact) mass is 464 g/mol. The van der Waals surface area contributed by atoms with Gasteiger partial charge in [0.05, 0.1) is 11.3 Å². The molecule has 1 aliphatic heterocycles. The van der Waals surface area contributed by atoms with Crippen molar-refractivity contribution >= 4 is 29.0 Å². The van der Waals surface area contributed by atoms with Crippen molar-refractivity contribution in [1.29, 1.82) is 0 Å². The maximum Gasteiger partial charge on any atom is 0.418 e. The molecule has 2 aromatic carbocycles. The first-order valence-electron chi connectivity index (χ1n) is 10.4. The number of amides is 2. The first kappa shape index (κ1) is 24.2. The molecular formula is C23H23F3N2O5. The van der Waals surface area contributed by atoms with E-state index in [1.807, 2.05) is 0 Å². The molecule has 1 fully saturated rings. The van der Waals surface area contributed by atoms with Crippen LogP contribution >= 0.6 is 0 Å². The van der Waals surface area contributed by atoms with Crippen molar-refractivity contribution in [1.82, 2.24) is 0 Å². The zero-order valence-electron chi connectivity index (χ0n) is 17.8. The molecule has 176 valence electrons. The molecule has 0 radical (unpaired) electrons. The Balaban J connectivity index is 1.64. The van der Waals surface area contributed by atoms with Gasteiger partial charge in [-0.05, 0) is 55.3 Å². The van der Waals surface area contributed by atoms with E-state index in [2.05, 4.69) is 10.6 Å². The van der Waals surface area contributed by atoms with E-state index < -0.39 is 42.0 Å². The maximum atomic E-state index is 13.6. The van der Waals surface area contributed by atoms with Crippen LogP contribution in [-0.2, 0) is 20.5 Å². The third kappa shape index (κ3) is 6.55. The standard InChI is InChI=1S/C23H23F3N2O5/c1-2-19(29)14-5-8-16(9-6-14)33-13-21(30)28-18-10-7-15(12-17(18)23(24,25)26)27-22(31)20-4-3-11-32-20/h5-10,12,20H,2-4,11,13H2,1H3,(H,27,31)(H,28,30)/t20-/m0/s1. The Bertz CT molecular complexity index is 1020. The molecule has 2 amide bonds. The van der Waals surface area contributed by atoms with Crippen LogP contribution in [0.15, 0.2) is 42.5 Å². The summed E-state index contributed by atoms with van der Waals surface area (Å²) in [5.74, 6) is -1.07. The zero-order valence-corrected chi connectivity index (χ0v) is 17.8. The summed E-state index contributed by atoms with van der Waals surface area (Å²) in [4.78, 5) is 35.9. The number of benzene rings is 2. The van der Waals surface area contributed by atoms with Crippen molar-refractivity contribution in [3.8, 4) is 5.75 Å². The molecular weight excluding hydrogens is 441 g/mol. The Labute approximate surface area is 188 Å². The first-order chi connectivity index (χ1) is 15.7. The van der Waals surface area contributed by atoms with Crippen LogP contribution in [0, 0.1) is 0 Å². The van der Waals surface area contributed by atoms with Crippen LogP contribution in [0.3, 0.4) is 0 Å². The van der Waals surface area contributed by atoms with Crippen LogP contribution in [0.4, 0.5) is 24.5 Å². The number of hydrogen-bond acceptors (Lipinski definition) is 5. The minimum atomic E-state index is -4.77. The fraction of sp³-hybridized carbons (Fsp3) is 0.348. The number of ether oxygens (including phenoxy) is 2. The largest absolute Gasteiger partial charge is 0.484 e. The quantitative estimate of drug-likeness (QED) is 0.564. The number of anilines is 2. The first-order valence-corrected chi connectivity index (χ1v) is 10.4. The lowest BCUT2D eigenvalue weighted by Gasteiger charge is -2.17. The third-order valence-corrected chi connectivity index (χ3v) is 4.96. The highest BCUT2D eigenvalue weighted by Gasteiger charge is 2.35. The number of rotatable bonds is 8. The van der Waals surface area contributed by atoms with Gasteiger partial charge in [-0.2, -0.15) is 13.2 Å². The van der Waals surface area contributed by atoms with Crippen molar-refractivity contribution in [2.75, 3.05) is 23.8 Å². The molecule has 2 aromatic rings. The van der Waals surface area contributed by atoms with Crippen LogP contribution in [0.25, 0.3) is 0 Å². The van der Waals surface area contributed by atoms with E-state index in [1.165, 1.54) is 18.2 Å². The average Bonchev–Trinajstić information content (AvgIpc) is 3.33. The van der Waals surface area contributed by atoms with Gasteiger partial charge in [-0.15, -0.1) is 0 Å². The highest BCUT2D eigenvalue weighted by atomic mass is 19.4. The minimum Gasteiger partial charge on any atom is -0.484 e. The smallest absolute Gasteiger partial charge is 0.418 e. The van der Waals surface area contributed by atoms with Gasteiger partial charge in [0.2, 0.25) is 0 Å². The van der Waals surface area contributed by atoms with Gasteiger partial charge in [-0.1, -0.05) is 6.92 Å². The minimum absolute atomic E-state index is 0.0469. The lowest BCUT2D eigenvalue weighted by atomic mass is 10.1. The molecule has 0 bridgehead atoms. The SMILES string of the molecule is CCC(=O)c1ccc(OCC(=O)Nc2ccc(NC(=O)[C@@H]3CCCO3)cc2C(F)(F)F)cc1. The molecule has 7 nitrogen and oxygen atoms in total. The Morgan fingerprint density at radius 3 is 2.42 bits per heavy atom. The topological polar surface area (TPSA) is 93.7 Å². The number of nitrogens with one attached hydrogen (secondary N) is 2. The van der Waals surface area contributed by atoms with Crippen LogP contribution in [0.2, 0.25) is 0 Å². The van der Waals surface area contributed by atoms with Gasteiger partial charge in [-0.3, -0.25) is 14.4 Å². The van der Waals surface area contributed by atoms with E-state index in [9.17, 15) is 27.6 Å². The van der Waals surface area contributed by atoms with Gasteiger partial charge in [0.15, 0.2) is 12.4 Å². The number of halogens is 3. The van der Waals surface area contributed by atoms with Crippen LogP contribution < -0.4 is 15.4 Å². The van der Waals surface area contributed by atoms with E-state index in [1.54, 1.807) is 19.1 Å². The lowest BCUT2D eigenvalue weighted by molar-refractivity contribution is -0.137. The summed E-state index contributed by atoms with van der Waals surface area (Å²) in [5, 5.41) is 4.60. The van der Waals surface area contributed by atoms with Crippen molar-refractivity contribution < 1.29 is 37.0 Å². The summed E-state index contributed by atoms with van der Waals surface area (Å²) in [7, 11) is 0. The maximum absolute atomic E-state index is 13.6. The Hall–Kier alpha value is -3.40. The Morgan fingerprint density at radius 2 is 1.82 bits per heavy atom. The van der Waals surface area contributed by atoms with E-state index in [0.717, 1.165) is 12.1 Å². The molecule has 2 N–H and O–H groups in total. The fourth-order valence-corrected chi connectivity index (χ4v) is 3.25. The van der Waals surface area contributed by atoms with Gasteiger partial charge < -0.3 is 20.1 Å². The normalized spacial score (nSPS) is 15.7. The molecule has 0 aromatic heterocycles. The molecule has 0 aliphatic carbocycles. The second-order valence-electron chi connectivity index (χ2n) is 7.39. The summed E-state index contributed by atoms with van der Waals surface area (Å²) >= 11 is 0. The summed E-state index contributed by atoms with van der Waals surface area (Å²) in [6.45, 7) is 1.63. The Kier molecular flexibility index (Phi) is 7.70. The summed E-state index contributed by atoms with van der Waals surface area (Å²) in [6, 6.07) is 9.19. The second-order valence-corrected chi connectivity index (χ2v) is 7.39. The third-order valence-electron chi connectivity index (χ3n) is 4.96. The number of ketones is 1. The molecule has 1 atom stereocenters. The highest BCUT2D eigenvalue weighted by Crippen LogP contribution is 2.36. The van der Waals surface area contributed by atoms with E-state index >= 15 is 0 Å². The van der Waals surface area contributed by atoms with E-state index in [-0.39, 0.29) is 11.5 Å². The molecule has 0 saturated carbocycles. The van der Waals surface area contributed by atoms with Crippen LogP contribution in [0.5, 0.6) is 5.75 Å². The molecule has 0 spiro atoms. The number of hydrogen-bond donors (Lipinski definition) is 2. The van der Waals surface area contributed by atoms with Crippen LogP contribution in [0.1, 0.15) is 42.1 Å². The molecule has 1 heterocycles. The summed E-state index contributed by atoms with van der Waals surface area (Å²) in [5.41, 5.74) is -1.13. The molecule has 33 heavy (non-hydrogen) atoms. The predicted molar refractivity (Wildman–Crippen MR) is 114 cm³/mol. The van der Waals surface area contributed by atoms with Crippen molar-refractivity contribution in [2.45, 2.75) is 38.5 Å². The summed E-state index contributed by atoms with van der Waals surface area (Å²) in [6.07, 6.45) is -3.90. The predicted octanol–water partition coefficient (Wildman–Crippen LogP) is 4.43. The van der Waals surface area contributed by atoms with Crippen LogP contribution in [-0.4, -0.2) is 36.9 Å². The molecule has 3 rings (SSSR count). The molecule has 0 unspecified atom stereocenters. The number of alkyl halides is 3. The van der Waals surface area contributed by atoms with Crippen molar-refractivity contribution in [3.05, 3.63) is 53.6 Å². The fourth-order valence-electron chi connectivity index (χ4n) is 3.25. The van der Waals surface area contributed by atoms with Crippen molar-refractivity contribution in [2.24, 2.45) is 0 Å². The Morgan fingerprint density at radius 1 is 1.09 bits per heavy atom. The average molecular weight is 464 g/mol. The van der Waals surface area contributed by atoms with Gasteiger partial charge >= 0.3 is 6.18 Å². The van der Waals surface area contributed by atoms with Gasteiger partial charge in [-0.25, -0.2) is 0 Å². The number of carbonyl (C=O) groups is 3. The number of Topliss-reactive ketones (excluding diaryl/α,β-unsaturated/α-hetero) is 1. The van der Waals surface area contributed by atoms with Gasteiger partial charge in [0.1, 0.15) is 11.9 Å². The molecule has 1 saturated heterocycles. The van der Waals surface area contributed by atoms with Gasteiger partial charge in [0.25, 0.3) is 11.8 Å². The molecule has 10 heteroatoms. The number of carbonyl (C=O) groups excluding carboxylic acids is 3. The lowest BCUT2D eigenvalue weighted by Crippen LogP contribution is -2.27. The summed E-state index contributed by atoms with van der Waals surface area (Å²) < 4.78 is 51.2. The van der Waals surface area contributed by atoms with E-state index in [0.29, 0.717) is 37.2 Å². The zero-order chi connectivity index (χ0) is 24.0. The van der Waals surface area contributed by atoms with Crippen molar-refractivity contribution in [3.63, 3.8) is 0 Å². The van der Waals surface area contributed by atoms with Gasteiger partial charge in [0, 0.05) is 24.3 Å². The molecule has 1 aliphatic rings.